The van der Waals surface area contributed by atoms with Crippen molar-refractivity contribution in [3.05, 3.63) is 65.0 Å². The Morgan fingerprint density at radius 1 is 1.23 bits per heavy atom. The Kier molecular flexibility index (Phi) is 3.61. The van der Waals surface area contributed by atoms with Gasteiger partial charge in [-0.2, -0.15) is 0 Å². The third kappa shape index (κ3) is 2.82. The van der Waals surface area contributed by atoms with Crippen molar-refractivity contribution in [2.75, 3.05) is 6.54 Å². The molecule has 2 aromatic rings. The molecule has 0 heterocycles. The zero-order valence-electron chi connectivity index (χ0n) is 12.4. The van der Waals surface area contributed by atoms with Gasteiger partial charge in [-0.1, -0.05) is 18.2 Å². The molecule has 1 saturated carbocycles. The summed E-state index contributed by atoms with van der Waals surface area (Å²) in [5, 5.41) is 12.7. The number of phenolic OH excluding ortho intramolecular Hbond substituents is 1. The van der Waals surface area contributed by atoms with Crippen LogP contribution in [0, 0.1) is 12.7 Å². The number of rotatable bonds is 4. The summed E-state index contributed by atoms with van der Waals surface area (Å²) in [6.07, 6.45) is 1.94. The highest BCUT2D eigenvalue weighted by molar-refractivity contribution is 5.96. The molecule has 0 unspecified atom stereocenters. The maximum atomic E-state index is 13.0. The third-order valence-corrected chi connectivity index (χ3v) is 4.30. The molecule has 0 atom stereocenters. The van der Waals surface area contributed by atoms with Crippen molar-refractivity contribution < 1.29 is 14.3 Å². The van der Waals surface area contributed by atoms with Crippen LogP contribution in [-0.4, -0.2) is 17.6 Å². The topological polar surface area (TPSA) is 49.3 Å². The maximum absolute atomic E-state index is 13.0. The summed E-state index contributed by atoms with van der Waals surface area (Å²) in [6, 6.07) is 11.4. The van der Waals surface area contributed by atoms with Crippen molar-refractivity contribution in [2.24, 2.45) is 0 Å². The van der Waals surface area contributed by atoms with E-state index >= 15 is 0 Å². The molecular weight excluding hydrogens is 281 g/mol. The minimum atomic E-state index is -0.286. The standard InChI is InChI=1S/C18H18FNO2/c1-12-2-7-15(16(21)10-12)17(22)20-11-18(8-9-18)13-3-5-14(19)6-4-13/h2-7,10,21H,8-9,11H2,1H3,(H,20,22). The molecule has 2 aromatic carbocycles. The van der Waals surface area contributed by atoms with Crippen LogP contribution in [0.1, 0.15) is 34.3 Å². The van der Waals surface area contributed by atoms with Crippen LogP contribution in [0.25, 0.3) is 0 Å². The number of hydrogen-bond donors (Lipinski definition) is 2. The van der Waals surface area contributed by atoms with Crippen molar-refractivity contribution in [1.29, 1.82) is 0 Å². The number of carbonyl (C=O) groups is 1. The van der Waals surface area contributed by atoms with E-state index in [1.54, 1.807) is 30.3 Å². The summed E-state index contributed by atoms with van der Waals surface area (Å²) in [5.41, 5.74) is 2.13. The monoisotopic (exact) mass is 299 g/mol. The van der Waals surface area contributed by atoms with Gasteiger partial charge in [0, 0.05) is 12.0 Å². The number of benzene rings is 2. The Hall–Kier alpha value is -2.36. The lowest BCUT2D eigenvalue weighted by Gasteiger charge is -2.17. The summed E-state index contributed by atoms with van der Waals surface area (Å²) in [4.78, 5) is 12.2. The molecule has 0 bridgehead atoms. The second-order valence-electron chi connectivity index (χ2n) is 5.99. The molecule has 0 spiro atoms. The van der Waals surface area contributed by atoms with Crippen LogP contribution < -0.4 is 5.32 Å². The molecular formula is C18H18FNO2. The molecule has 2 N–H and O–H groups in total. The van der Waals surface area contributed by atoms with Gasteiger partial charge in [0.1, 0.15) is 11.6 Å². The Balaban J connectivity index is 1.69. The molecule has 1 amide bonds. The molecule has 0 saturated heterocycles. The first-order valence-corrected chi connectivity index (χ1v) is 7.34. The highest BCUT2D eigenvalue weighted by atomic mass is 19.1. The van der Waals surface area contributed by atoms with Gasteiger partial charge in [-0.05, 0) is 55.2 Å². The molecule has 3 rings (SSSR count). The summed E-state index contributed by atoms with van der Waals surface area (Å²) in [6.45, 7) is 2.35. The molecule has 0 aliphatic heterocycles. The maximum Gasteiger partial charge on any atom is 0.255 e. The fraction of sp³-hybridized carbons (Fsp3) is 0.278. The van der Waals surface area contributed by atoms with Crippen molar-refractivity contribution >= 4 is 5.91 Å². The first-order chi connectivity index (χ1) is 10.5. The molecule has 22 heavy (non-hydrogen) atoms. The molecule has 1 aliphatic rings. The number of phenols is 1. The lowest BCUT2D eigenvalue weighted by Crippen LogP contribution is -2.32. The van der Waals surface area contributed by atoms with E-state index in [-0.39, 0.29) is 28.5 Å². The fourth-order valence-electron chi connectivity index (χ4n) is 2.70. The van der Waals surface area contributed by atoms with E-state index in [4.69, 9.17) is 0 Å². The van der Waals surface area contributed by atoms with Crippen molar-refractivity contribution in [3.8, 4) is 5.75 Å². The van der Waals surface area contributed by atoms with Crippen LogP contribution in [0.5, 0.6) is 5.75 Å². The minimum absolute atomic E-state index is 0.0101. The van der Waals surface area contributed by atoms with Gasteiger partial charge in [0.25, 0.3) is 5.91 Å². The molecule has 0 aromatic heterocycles. The second-order valence-corrected chi connectivity index (χ2v) is 5.99. The predicted octanol–water partition coefficient (Wildman–Crippen LogP) is 3.30. The summed E-state index contributed by atoms with van der Waals surface area (Å²) in [7, 11) is 0. The number of hydrogen-bond acceptors (Lipinski definition) is 2. The van der Waals surface area contributed by atoms with E-state index in [2.05, 4.69) is 5.32 Å². The largest absolute Gasteiger partial charge is 0.507 e. The lowest BCUT2D eigenvalue weighted by atomic mass is 9.96. The van der Waals surface area contributed by atoms with Gasteiger partial charge >= 0.3 is 0 Å². The number of nitrogens with one attached hydrogen (secondary N) is 1. The van der Waals surface area contributed by atoms with Gasteiger partial charge in [-0.3, -0.25) is 4.79 Å². The Morgan fingerprint density at radius 3 is 2.50 bits per heavy atom. The molecule has 114 valence electrons. The SMILES string of the molecule is Cc1ccc(C(=O)NCC2(c3ccc(F)cc3)CC2)c(O)c1. The lowest BCUT2D eigenvalue weighted by molar-refractivity contribution is 0.0947. The molecule has 1 aliphatic carbocycles. The highest BCUT2D eigenvalue weighted by Gasteiger charge is 2.44. The van der Waals surface area contributed by atoms with Crippen LogP contribution in [0.3, 0.4) is 0 Å². The van der Waals surface area contributed by atoms with Crippen LogP contribution in [0.2, 0.25) is 0 Å². The first-order valence-electron chi connectivity index (χ1n) is 7.34. The van der Waals surface area contributed by atoms with Crippen LogP contribution >= 0.6 is 0 Å². The molecule has 4 heteroatoms. The van der Waals surface area contributed by atoms with Crippen LogP contribution in [-0.2, 0) is 5.41 Å². The van der Waals surface area contributed by atoms with Crippen molar-refractivity contribution in [2.45, 2.75) is 25.2 Å². The summed E-state index contributed by atoms with van der Waals surface area (Å²) >= 11 is 0. The van der Waals surface area contributed by atoms with E-state index in [0.717, 1.165) is 24.0 Å². The Bertz CT molecular complexity index is 706. The molecule has 0 radical (unpaired) electrons. The number of carbonyl (C=O) groups excluding carboxylic acids is 1. The van der Waals surface area contributed by atoms with Gasteiger partial charge in [0.2, 0.25) is 0 Å². The van der Waals surface area contributed by atoms with Crippen molar-refractivity contribution in [3.63, 3.8) is 0 Å². The average molecular weight is 299 g/mol. The Labute approximate surface area is 128 Å². The van der Waals surface area contributed by atoms with Gasteiger partial charge < -0.3 is 10.4 Å². The average Bonchev–Trinajstić information content (AvgIpc) is 3.27. The van der Waals surface area contributed by atoms with E-state index in [1.165, 1.54) is 12.1 Å². The number of amides is 1. The quantitative estimate of drug-likeness (QED) is 0.910. The smallest absolute Gasteiger partial charge is 0.255 e. The van der Waals surface area contributed by atoms with Crippen LogP contribution in [0.4, 0.5) is 4.39 Å². The Morgan fingerprint density at radius 2 is 1.91 bits per heavy atom. The number of aromatic hydroxyl groups is 1. The van der Waals surface area contributed by atoms with E-state index < -0.39 is 0 Å². The number of aryl methyl sites for hydroxylation is 1. The fourth-order valence-corrected chi connectivity index (χ4v) is 2.70. The van der Waals surface area contributed by atoms with Gasteiger partial charge in [0.05, 0.1) is 5.56 Å². The molecule has 1 fully saturated rings. The highest BCUT2D eigenvalue weighted by Crippen LogP contribution is 2.47. The first kappa shape index (κ1) is 14.6. The molecule has 3 nitrogen and oxygen atoms in total. The second kappa shape index (κ2) is 5.44. The minimum Gasteiger partial charge on any atom is -0.507 e. The summed E-state index contributed by atoms with van der Waals surface area (Å²) < 4.78 is 13.0. The van der Waals surface area contributed by atoms with E-state index in [1.807, 2.05) is 6.92 Å². The van der Waals surface area contributed by atoms with Gasteiger partial charge in [-0.25, -0.2) is 4.39 Å². The van der Waals surface area contributed by atoms with Crippen LogP contribution in [0.15, 0.2) is 42.5 Å². The van der Waals surface area contributed by atoms with E-state index in [0.29, 0.717) is 6.54 Å². The predicted molar refractivity (Wildman–Crippen MR) is 82.5 cm³/mol. The van der Waals surface area contributed by atoms with E-state index in [9.17, 15) is 14.3 Å². The third-order valence-electron chi connectivity index (χ3n) is 4.30. The van der Waals surface area contributed by atoms with Gasteiger partial charge in [-0.15, -0.1) is 0 Å². The van der Waals surface area contributed by atoms with Crippen molar-refractivity contribution in [1.82, 2.24) is 5.32 Å². The zero-order valence-corrected chi connectivity index (χ0v) is 12.4. The number of halogens is 1. The normalized spacial score (nSPS) is 15.4. The van der Waals surface area contributed by atoms with Gasteiger partial charge in [0.15, 0.2) is 0 Å². The summed E-state index contributed by atoms with van der Waals surface area (Å²) in [5.74, 6) is -0.553. The zero-order chi connectivity index (χ0) is 15.7.